The molecule has 102 valence electrons. The SMILES string of the molecule is CCCCNC(=S)NC1C(=O)N(C)c2ccccc21. The molecule has 2 N–H and O–H groups in total. The summed E-state index contributed by atoms with van der Waals surface area (Å²) < 4.78 is 0. The zero-order valence-electron chi connectivity index (χ0n) is 11.3. The summed E-state index contributed by atoms with van der Waals surface area (Å²) in [6.07, 6.45) is 2.18. The number of unbranched alkanes of at least 4 members (excludes halogenated alkanes) is 1. The van der Waals surface area contributed by atoms with E-state index in [1.54, 1.807) is 11.9 Å². The second-order valence-corrected chi connectivity index (χ2v) is 5.05. The number of hydrogen-bond donors (Lipinski definition) is 2. The molecular weight excluding hydrogens is 258 g/mol. The van der Waals surface area contributed by atoms with Crippen LogP contribution in [0.2, 0.25) is 0 Å². The molecule has 1 aliphatic heterocycles. The summed E-state index contributed by atoms with van der Waals surface area (Å²) >= 11 is 5.23. The van der Waals surface area contributed by atoms with Crippen molar-refractivity contribution in [2.75, 3.05) is 18.5 Å². The molecule has 1 atom stereocenters. The van der Waals surface area contributed by atoms with Crippen molar-refractivity contribution in [3.63, 3.8) is 0 Å². The number of hydrogen-bond acceptors (Lipinski definition) is 2. The second kappa shape index (κ2) is 6.02. The number of carbonyl (C=O) groups excluding carboxylic acids is 1. The van der Waals surface area contributed by atoms with E-state index in [4.69, 9.17) is 12.2 Å². The molecule has 19 heavy (non-hydrogen) atoms. The molecule has 0 aliphatic carbocycles. The zero-order chi connectivity index (χ0) is 13.8. The van der Waals surface area contributed by atoms with Crippen LogP contribution in [0.25, 0.3) is 0 Å². The second-order valence-electron chi connectivity index (χ2n) is 4.64. The predicted molar refractivity (Wildman–Crippen MR) is 81.2 cm³/mol. The van der Waals surface area contributed by atoms with Crippen LogP contribution in [0.15, 0.2) is 24.3 Å². The van der Waals surface area contributed by atoms with Crippen LogP contribution in [-0.4, -0.2) is 24.6 Å². The van der Waals surface area contributed by atoms with Crippen LogP contribution in [0, 0.1) is 0 Å². The Morgan fingerprint density at radius 2 is 2.16 bits per heavy atom. The third-order valence-electron chi connectivity index (χ3n) is 3.28. The number of nitrogens with zero attached hydrogens (tertiary/aromatic N) is 1. The number of anilines is 1. The summed E-state index contributed by atoms with van der Waals surface area (Å²) in [5, 5.41) is 6.77. The van der Waals surface area contributed by atoms with Gasteiger partial charge in [0.05, 0.1) is 0 Å². The van der Waals surface area contributed by atoms with Crippen molar-refractivity contribution in [1.82, 2.24) is 10.6 Å². The first kappa shape index (κ1) is 13.8. The number of fused-ring (bicyclic) bond motifs is 1. The summed E-state index contributed by atoms with van der Waals surface area (Å²) in [5.41, 5.74) is 1.93. The highest BCUT2D eigenvalue weighted by atomic mass is 32.1. The normalized spacial score (nSPS) is 17.3. The maximum absolute atomic E-state index is 12.2. The van der Waals surface area contributed by atoms with E-state index in [1.165, 1.54) is 0 Å². The van der Waals surface area contributed by atoms with Gasteiger partial charge in [0.1, 0.15) is 6.04 Å². The lowest BCUT2D eigenvalue weighted by atomic mass is 10.1. The minimum atomic E-state index is -0.372. The molecule has 0 saturated heterocycles. The molecule has 1 unspecified atom stereocenters. The van der Waals surface area contributed by atoms with Gasteiger partial charge in [0, 0.05) is 24.8 Å². The van der Waals surface area contributed by atoms with Gasteiger partial charge >= 0.3 is 0 Å². The monoisotopic (exact) mass is 277 g/mol. The van der Waals surface area contributed by atoms with Crippen molar-refractivity contribution in [1.29, 1.82) is 0 Å². The van der Waals surface area contributed by atoms with Gasteiger partial charge < -0.3 is 15.5 Å². The largest absolute Gasteiger partial charge is 0.363 e. The van der Waals surface area contributed by atoms with Gasteiger partial charge in [-0.15, -0.1) is 0 Å². The Hall–Kier alpha value is -1.62. The van der Waals surface area contributed by atoms with Crippen molar-refractivity contribution in [2.24, 2.45) is 0 Å². The molecule has 0 radical (unpaired) electrons. The average Bonchev–Trinajstić information content (AvgIpc) is 2.65. The Morgan fingerprint density at radius 3 is 2.89 bits per heavy atom. The highest BCUT2D eigenvalue weighted by Crippen LogP contribution is 2.34. The Kier molecular flexibility index (Phi) is 4.37. The first-order valence-corrected chi connectivity index (χ1v) is 6.96. The maximum Gasteiger partial charge on any atom is 0.254 e. The summed E-state index contributed by atoms with van der Waals surface area (Å²) in [5.74, 6) is 0.0286. The van der Waals surface area contributed by atoms with E-state index in [0.29, 0.717) is 5.11 Å². The van der Waals surface area contributed by atoms with E-state index < -0.39 is 0 Å². The number of likely N-dealkylation sites (N-methyl/N-ethyl adjacent to an activating group) is 1. The Balaban J connectivity index is 2.05. The fourth-order valence-corrected chi connectivity index (χ4v) is 2.40. The van der Waals surface area contributed by atoms with Gasteiger partial charge in [0.15, 0.2) is 5.11 Å². The highest BCUT2D eigenvalue weighted by molar-refractivity contribution is 7.80. The number of rotatable bonds is 4. The number of amides is 1. The predicted octanol–water partition coefficient (Wildman–Crippen LogP) is 1.97. The zero-order valence-corrected chi connectivity index (χ0v) is 12.1. The third kappa shape index (κ3) is 2.87. The Morgan fingerprint density at radius 1 is 1.42 bits per heavy atom. The fourth-order valence-electron chi connectivity index (χ4n) is 2.18. The number of para-hydroxylation sites is 1. The molecule has 2 rings (SSSR count). The van der Waals surface area contributed by atoms with Gasteiger partial charge in [-0.2, -0.15) is 0 Å². The molecule has 0 spiro atoms. The van der Waals surface area contributed by atoms with Crippen LogP contribution in [0.1, 0.15) is 31.4 Å². The van der Waals surface area contributed by atoms with Crippen LogP contribution >= 0.6 is 12.2 Å². The number of carbonyl (C=O) groups is 1. The lowest BCUT2D eigenvalue weighted by Crippen LogP contribution is -2.41. The van der Waals surface area contributed by atoms with Crippen LogP contribution in [0.5, 0.6) is 0 Å². The summed E-state index contributed by atoms with van der Waals surface area (Å²) in [6.45, 7) is 2.96. The third-order valence-corrected chi connectivity index (χ3v) is 3.54. The minimum Gasteiger partial charge on any atom is -0.363 e. The lowest BCUT2D eigenvalue weighted by Gasteiger charge is -2.16. The van der Waals surface area contributed by atoms with Crippen molar-refractivity contribution in [3.05, 3.63) is 29.8 Å². The first-order valence-electron chi connectivity index (χ1n) is 6.56. The molecule has 1 amide bonds. The van der Waals surface area contributed by atoms with Gasteiger partial charge in [-0.05, 0) is 24.7 Å². The van der Waals surface area contributed by atoms with Gasteiger partial charge in [0.2, 0.25) is 0 Å². The van der Waals surface area contributed by atoms with Gasteiger partial charge in [-0.3, -0.25) is 4.79 Å². The topological polar surface area (TPSA) is 44.4 Å². The van der Waals surface area contributed by atoms with Crippen molar-refractivity contribution >= 4 is 28.9 Å². The number of nitrogens with one attached hydrogen (secondary N) is 2. The van der Waals surface area contributed by atoms with Crippen LogP contribution < -0.4 is 15.5 Å². The van der Waals surface area contributed by atoms with E-state index in [-0.39, 0.29) is 11.9 Å². The molecule has 1 aromatic rings. The molecule has 0 saturated carbocycles. The molecule has 4 nitrogen and oxygen atoms in total. The lowest BCUT2D eigenvalue weighted by molar-refractivity contribution is -0.119. The van der Waals surface area contributed by atoms with Gasteiger partial charge in [-0.25, -0.2) is 0 Å². The minimum absolute atomic E-state index is 0.0286. The van der Waals surface area contributed by atoms with E-state index in [0.717, 1.165) is 30.6 Å². The van der Waals surface area contributed by atoms with E-state index in [9.17, 15) is 4.79 Å². The van der Waals surface area contributed by atoms with Crippen LogP contribution in [0.4, 0.5) is 5.69 Å². The van der Waals surface area contributed by atoms with Crippen molar-refractivity contribution < 1.29 is 4.79 Å². The molecule has 1 aromatic carbocycles. The molecule has 0 aromatic heterocycles. The van der Waals surface area contributed by atoms with E-state index in [1.807, 2.05) is 24.3 Å². The van der Waals surface area contributed by atoms with Crippen molar-refractivity contribution in [3.8, 4) is 0 Å². The molecule has 0 fully saturated rings. The van der Waals surface area contributed by atoms with Gasteiger partial charge in [-0.1, -0.05) is 31.5 Å². The van der Waals surface area contributed by atoms with Gasteiger partial charge in [0.25, 0.3) is 5.91 Å². The summed E-state index contributed by atoms with van der Waals surface area (Å²) in [7, 11) is 1.79. The molecule has 1 heterocycles. The number of thiocarbonyl (C=S) groups is 1. The summed E-state index contributed by atoms with van der Waals surface area (Å²) in [4.78, 5) is 13.9. The van der Waals surface area contributed by atoms with Crippen molar-refractivity contribution in [2.45, 2.75) is 25.8 Å². The maximum atomic E-state index is 12.2. The number of benzene rings is 1. The first-order chi connectivity index (χ1) is 9.15. The Labute approximate surface area is 119 Å². The molecule has 0 bridgehead atoms. The molecular formula is C14H19N3OS. The Bertz CT molecular complexity index is 489. The average molecular weight is 277 g/mol. The molecule has 1 aliphatic rings. The highest BCUT2D eigenvalue weighted by Gasteiger charge is 2.35. The van der Waals surface area contributed by atoms with Crippen LogP contribution in [0.3, 0.4) is 0 Å². The standard InChI is InChI=1S/C14H19N3OS/c1-3-4-9-15-14(19)16-12-10-7-5-6-8-11(10)17(2)13(12)18/h5-8,12H,3-4,9H2,1-2H3,(H2,15,16,19). The van der Waals surface area contributed by atoms with Crippen LogP contribution in [-0.2, 0) is 4.79 Å². The molecule has 5 heteroatoms. The summed E-state index contributed by atoms with van der Waals surface area (Å²) in [6, 6.07) is 7.41. The van der Waals surface area contributed by atoms with E-state index >= 15 is 0 Å². The smallest absolute Gasteiger partial charge is 0.254 e. The fraction of sp³-hybridized carbons (Fsp3) is 0.429. The quantitative estimate of drug-likeness (QED) is 0.652. The van der Waals surface area contributed by atoms with E-state index in [2.05, 4.69) is 17.6 Å².